The summed E-state index contributed by atoms with van der Waals surface area (Å²) in [7, 11) is 1.57. The summed E-state index contributed by atoms with van der Waals surface area (Å²) in [6.07, 6.45) is 0.957. The van der Waals surface area contributed by atoms with Crippen molar-refractivity contribution in [1.82, 2.24) is 26.6 Å². The first-order chi connectivity index (χ1) is 17.8. The van der Waals surface area contributed by atoms with E-state index in [1.807, 2.05) is 13.8 Å². The number of nitrogens with one attached hydrogen (secondary N) is 5. The van der Waals surface area contributed by atoms with E-state index in [1.165, 1.54) is 6.92 Å². The van der Waals surface area contributed by atoms with Gasteiger partial charge in [0.1, 0.15) is 18.1 Å². The Morgan fingerprint density at radius 2 is 1.55 bits per heavy atom. The zero-order chi connectivity index (χ0) is 29.3. The van der Waals surface area contributed by atoms with Gasteiger partial charge in [-0.05, 0) is 31.1 Å². The fraction of sp³-hybridized carbons (Fsp3) is 0.750. The quantitative estimate of drug-likeness (QED) is 0.0587. The Bertz CT molecular complexity index is 818. The second-order valence-electron chi connectivity index (χ2n) is 9.68. The van der Waals surface area contributed by atoms with Crippen LogP contribution >= 0.6 is 0 Å². The number of hydrogen-bond donors (Lipinski definition) is 7. The molecule has 38 heavy (non-hydrogen) atoms. The van der Waals surface area contributed by atoms with Crippen LogP contribution in [-0.2, 0) is 28.7 Å². The molecule has 14 nitrogen and oxygen atoms in total. The van der Waals surface area contributed by atoms with Crippen molar-refractivity contribution in [2.75, 3.05) is 33.4 Å². The summed E-state index contributed by atoms with van der Waals surface area (Å²) < 4.78 is 4.91. The van der Waals surface area contributed by atoms with E-state index in [0.29, 0.717) is 32.5 Å². The molecule has 3 atom stereocenters. The lowest BCUT2D eigenvalue weighted by molar-refractivity contribution is -0.133. The van der Waals surface area contributed by atoms with E-state index < -0.39 is 41.8 Å². The van der Waals surface area contributed by atoms with Crippen LogP contribution in [0.3, 0.4) is 0 Å². The van der Waals surface area contributed by atoms with Gasteiger partial charge >= 0.3 is 0 Å². The number of rotatable bonds is 18. The topological polar surface area (TPSA) is 219 Å². The molecule has 218 valence electrons. The number of carbonyl (C=O) groups is 5. The lowest BCUT2D eigenvalue weighted by Crippen LogP contribution is -2.55. The fourth-order valence-electron chi connectivity index (χ4n) is 3.37. The predicted molar refractivity (Wildman–Crippen MR) is 144 cm³/mol. The maximum atomic E-state index is 12.9. The fourth-order valence-corrected chi connectivity index (χ4v) is 3.37. The van der Waals surface area contributed by atoms with Gasteiger partial charge in [0.15, 0.2) is 5.96 Å². The first-order valence-corrected chi connectivity index (χ1v) is 12.7. The number of guanidine groups is 1. The van der Waals surface area contributed by atoms with E-state index in [2.05, 4.69) is 31.6 Å². The molecule has 0 saturated carbocycles. The first kappa shape index (κ1) is 34.6. The minimum Gasteiger partial charge on any atom is -0.383 e. The summed E-state index contributed by atoms with van der Waals surface area (Å²) in [5.74, 6) is -2.66. The highest BCUT2D eigenvalue weighted by molar-refractivity contribution is 5.93. The highest BCUT2D eigenvalue weighted by atomic mass is 16.5. The number of ether oxygens (including phenoxy) is 1. The molecule has 0 saturated heterocycles. The summed E-state index contributed by atoms with van der Waals surface area (Å²) >= 11 is 0. The van der Waals surface area contributed by atoms with Gasteiger partial charge in [0.2, 0.25) is 29.5 Å². The van der Waals surface area contributed by atoms with Gasteiger partial charge in [0.25, 0.3) is 0 Å². The van der Waals surface area contributed by atoms with E-state index in [1.54, 1.807) is 21.0 Å². The Morgan fingerprint density at radius 3 is 2.08 bits per heavy atom. The van der Waals surface area contributed by atoms with E-state index in [0.717, 1.165) is 0 Å². The van der Waals surface area contributed by atoms with E-state index >= 15 is 0 Å². The van der Waals surface area contributed by atoms with Crippen molar-refractivity contribution in [2.24, 2.45) is 28.3 Å². The maximum absolute atomic E-state index is 12.9. The van der Waals surface area contributed by atoms with Crippen molar-refractivity contribution in [1.29, 1.82) is 0 Å². The van der Waals surface area contributed by atoms with Crippen molar-refractivity contribution < 1.29 is 28.7 Å². The molecule has 5 amide bonds. The number of nitrogens with two attached hydrogens (primary N) is 2. The smallest absolute Gasteiger partial charge is 0.243 e. The Morgan fingerprint density at radius 1 is 0.895 bits per heavy atom. The van der Waals surface area contributed by atoms with Gasteiger partial charge in [-0.15, -0.1) is 0 Å². The van der Waals surface area contributed by atoms with Crippen molar-refractivity contribution >= 4 is 35.5 Å². The number of hydrogen-bond acceptors (Lipinski definition) is 7. The number of amides is 5. The molecule has 0 heterocycles. The van der Waals surface area contributed by atoms with Crippen LogP contribution in [0.1, 0.15) is 53.9 Å². The zero-order valence-electron chi connectivity index (χ0n) is 23.4. The van der Waals surface area contributed by atoms with Crippen LogP contribution in [0.15, 0.2) is 4.99 Å². The Kier molecular flexibility index (Phi) is 17.1. The second-order valence-corrected chi connectivity index (χ2v) is 9.68. The summed E-state index contributed by atoms with van der Waals surface area (Å²) in [4.78, 5) is 65.3. The van der Waals surface area contributed by atoms with Crippen LogP contribution < -0.4 is 38.1 Å². The number of aliphatic imine (C=N–C) groups is 1. The third kappa shape index (κ3) is 15.6. The monoisotopic (exact) mass is 542 g/mol. The summed E-state index contributed by atoms with van der Waals surface area (Å²) in [5, 5.41) is 13.1. The highest BCUT2D eigenvalue weighted by Crippen LogP contribution is 2.07. The molecule has 0 spiro atoms. The van der Waals surface area contributed by atoms with Crippen LogP contribution in [0.25, 0.3) is 0 Å². The van der Waals surface area contributed by atoms with Crippen LogP contribution in [0, 0.1) is 11.8 Å². The third-order valence-corrected chi connectivity index (χ3v) is 5.30. The van der Waals surface area contributed by atoms with Gasteiger partial charge in [-0.25, -0.2) is 0 Å². The molecular weight excluding hydrogens is 496 g/mol. The van der Waals surface area contributed by atoms with Gasteiger partial charge < -0.3 is 42.8 Å². The zero-order valence-corrected chi connectivity index (χ0v) is 23.4. The van der Waals surface area contributed by atoms with Crippen LogP contribution in [0.4, 0.5) is 0 Å². The summed E-state index contributed by atoms with van der Waals surface area (Å²) in [6.45, 7) is 9.49. The molecule has 0 fully saturated rings. The molecule has 0 bridgehead atoms. The average molecular weight is 543 g/mol. The Labute approximate surface area is 224 Å². The SMILES string of the molecule is COCCNC(N)=NCCC[C@H](NC(=O)[C@H](CC(C)C)NC(=O)CNC(=O)[C@@H](NC(C)=O)C(C)C)C(N)=O. The molecule has 0 unspecified atom stereocenters. The largest absolute Gasteiger partial charge is 0.383 e. The lowest BCUT2D eigenvalue weighted by atomic mass is 10.0. The van der Waals surface area contributed by atoms with Crippen LogP contribution in [0.2, 0.25) is 0 Å². The molecule has 0 aromatic heterocycles. The van der Waals surface area contributed by atoms with E-state index in [4.69, 9.17) is 16.2 Å². The van der Waals surface area contributed by atoms with Gasteiger partial charge in [0.05, 0.1) is 13.2 Å². The van der Waals surface area contributed by atoms with Crippen LogP contribution in [0.5, 0.6) is 0 Å². The van der Waals surface area contributed by atoms with Crippen molar-refractivity contribution in [3.8, 4) is 0 Å². The lowest BCUT2D eigenvalue weighted by Gasteiger charge is -2.24. The molecule has 0 aliphatic heterocycles. The summed E-state index contributed by atoms with van der Waals surface area (Å²) in [6, 6.07) is -2.71. The molecule has 0 aliphatic rings. The Balaban J connectivity index is 5.00. The first-order valence-electron chi connectivity index (χ1n) is 12.7. The van der Waals surface area contributed by atoms with Crippen molar-refractivity contribution in [2.45, 2.75) is 72.0 Å². The molecule has 0 aromatic rings. The highest BCUT2D eigenvalue weighted by Gasteiger charge is 2.27. The molecule has 9 N–H and O–H groups in total. The average Bonchev–Trinajstić information content (AvgIpc) is 2.81. The molecular formula is C24H46N8O6. The number of methoxy groups -OCH3 is 1. The molecule has 0 aliphatic carbocycles. The number of primary amides is 1. The van der Waals surface area contributed by atoms with Gasteiger partial charge in [-0.3, -0.25) is 29.0 Å². The van der Waals surface area contributed by atoms with Gasteiger partial charge in [0, 0.05) is 27.1 Å². The second kappa shape index (κ2) is 18.8. The minimum absolute atomic E-state index is 0.0423. The maximum Gasteiger partial charge on any atom is 0.243 e. The predicted octanol–water partition coefficient (Wildman–Crippen LogP) is -1.90. The van der Waals surface area contributed by atoms with Gasteiger partial charge in [-0.2, -0.15) is 0 Å². The van der Waals surface area contributed by atoms with Gasteiger partial charge in [-0.1, -0.05) is 27.7 Å². The standard InChI is InChI=1S/C24H46N8O6/c1-14(2)12-18(31-19(34)13-29-23(37)20(15(3)4)30-16(5)33)22(36)32-17(21(25)35)8-7-9-27-24(26)28-10-11-38-6/h14-15,17-18,20H,7-13H2,1-6H3,(H2,25,35)(H,29,37)(H,30,33)(H,31,34)(H,32,36)(H3,26,27,28)/t17-,18-,20-/m0/s1. The third-order valence-electron chi connectivity index (χ3n) is 5.30. The molecule has 0 radical (unpaired) electrons. The summed E-state index contributed by atoms with van der Waals surface area (Å²) in [5.41, 5.74) is 11.2. The minimum atomic E-state index is -0.962. The van der Waals surface area contributed by atoms with Crippen LogP contribution in [-0.4, -0.2) is 87.0 Å². The Hall–Kier alpha value is -3.42. The molecule has 14 heteroatoms. The van der Waals surface area contributed by atoms with Crippen molar-refractivity contribution in [3.63, 3.8) is 0 Å². The van der Waals surface area contributed by atoms with Crippen molar-refractivity contribution in [3.05, 3.63) is 0 Å². The van der Waals surface area contributed by atoms with E-state index in [9.17, 15) is 24.0 Å². The molecule has 0 rings (SSSR count). The van der Waals surface area contributed by atoms with E-state index in [-0.39, 0.29) is 36.7 Å². The number of nitrogens with zero attached hydrogens (tertiary/aromatic N) is 1. The normalized spacial score (nSPS) is 13.8. The number of carbonyl (C=O) groups excluding carboxylic acids is 5. The molecule has 0 aromatic carbocycles.